The third-order valence-electron chi connectivity index (χ3n) is 3.97. The molecule has 1 unspecified atom stereocenters. The lowest BCUT2D eigenvalue weighted by Crippen LogP contribution is -2.26. The van der Waals surface area contributed by atoms with Crippen LogP contribution in [0.1, 0.15) is 30.2 Å². The molecule has 1 aromatic heterocycles. The number of nitrogens with zero attached hydrogens (tertiary/aromatic N) is 1. The molecule has 0 bridgehead atoms. The van der Waals surface area contributed by atoms with Crippen molar-refractivity contribution in [1.29, 1.82) is 0 Å². The second-order valence-corrected chi connectivity index (χ2v) is 7.63. The molecule has 25 heavy (non-hydrogen) atoms. The predicted molar refractivity (Wildman–Crippen MR) is 96.6 cm³/mol. The lowest BCUT2D eigenvalue weighted by atomic mass is 10.1. The zero-order valence-electron chi connectivity index (χ0n) is 14.4. The molecule has 0 amide bonds. The summed E-state index contributed by atoms with van der Waals surface area (Å²) in [5, 5.41) is 0. The van der Waals surface area contributed by atoms with Gasteiger partial charge in [-0.05, 0) is 31.5 Å². The number of aryl methyl sites for hydroxylation is 2. The van der Waals surface area contributed by atoms with Gasteiger partial charge in [0.05, 0.1) is 4.90 Å². The molecule has 0 saturated heterocycles. The van der Waals surface area contributed by atoms with E-state index in [2.05, 4.69) is 9.71 Å². The fourth-order valence-corrected chi connectivity index (χ4v) is 3.93. The smallest absolute Gasteiger partial charge is 0.241 e. The highest BCUT2D eigenvalue weighted by molar-refractivity contribution is 7.89. The van der Waals surface area contributed by atoms with Gasteiger partial charge in [0, 0.05) is 18.5 Å². The number of aromatic nitrogens is 1. The van der Waals surface area contributed by atoms with Crippen molar-refractivity contribution in [3.8, 4) is 11.3 Å². The Bertz CT molecular complexity index is 962. The molecule has 1 heterocycles. The zero-order chi connectivity index (χ0) is 18.0. The molecular weight excluding hydrogens is 336 g/mol. The van der Waals surface area contributed by atoms with Crippen molar-refractivity contribution in [2.75, 3.05) is 0 Å². The van der Waals surface area contributed by atoms with E-state index in [9.17, 15) is 8.42 Å². The Labute approximate surface area is 147 Å². The maximum atomic E-state index is 12.6. The first-order chi connectivity index (χ1) is 11.9. The zero-order valence-corrected chi connectivity index (χ0v) is 15.2. The number of benzene rings is 2. The van der Waals surface area contributed by atoms with Crippen LogP contribution in [0.25, 0.3) is 11.3 Å². The van der Waals surface area contributed by atoms with Crippen LogP contribution < -0.4 is 4.72 Å². The maximum Gasteiger partial charge on any atom is 0.241 e. The molecule has 0 radical (unpaired) electrons. The van der Waals surface area contributed by atoms with Crippen LogP contribution in [0.3, 0.4) is 0 Å². The van der Waals surface area contributed by atoms with Crippen molar-refractivity contribution in [3.05, 3.63) is 71.8 Å². The Hall–Kier alpha value is -2.44. The van der Waals surface area contributed by atoms with E-state index in [0.717, 1.165) is 16.8 Å². The van der Waals surface area contributed by atoms with E-state index in [4.69, 9.17) is 4.42 Å². The van der Waals surface area contributed by atoms with Gasteiger partial charge < -0.3 is 4.42 Å². The molecule has 0 fully saturated rings. The summed E-state index contributed by atoms with van der Waals surface area (Å²) in [4.78, 5) is 4.55. The number of oxazole rings is 1. The number of hydrogen-bond donors (Lipinski definition) is 1. The summed E-state index contributed by atoms with van der Waals surface area (Å²) >= 11 is 0. The van der Waals surface area contributed by atoms with Crippen molar-refractivity contribution in [1.82, 2.24) is 9.71 Å². The molecule has 0 aliphatic rings. The van der Waals surface area contributed by atoms with Gasteiger partial charge >= 0.3 is 0 Å². The summed E-state index contributed by atoms with van der Waals surface area (Å²) in [5.74, 6) is 1.30. The lowest BCUT2D eigenvalue weighted by Gasteiger charge is -2.14. The first-order valence-electron chi connectivity index (χ1n) is 7.98. The minimum atomic E-state index is -3.61. The first kappa shape index (κ1) is 17.4. The van der Waals surface area contributed by atoms with E-state index in [-0.39, 0.29) is 10.9 Å². The molecule has 130 valence electrons. The number of nitrogens with one attached hydrogen (secondary N) is 1. The summed E-state index contributed by atoms with van der Waals surface area (Å²) in [5.41, 5.74) is 2.47. The normalized spacial score (nSPS) is 12.9. The molecule has 0 saturated carbocycles. The van der Waals surface area contributed by atoms with E-state index in [0.29, 0.717) is 11.7 Å². The molecule has 3 aromatic rings. The monoisotopic (exact) mass is 356 g/mol. The van der Waals surface area contributed by atoms with Gasteiger partial charge in [-0.2, -0.15) is 0 Å². The molecule has 1 atom stereocenters. The van der Waals surface area contributed by atoms with Crippen LogP contribution in [0.5, 0.6) is 0 Å². The largest absolute Gasteiger partial charge is 0.446 e. The van der Waals surface area contributed by atoms with Crippen LogP contribution in [0.15, 0.2) is 63.9 Å². The average molecular weight is 356 g/mol. The van der Waals surface area contributed by atoms with Crippen LogP contribution in [-0.4, -0.2) is 13.4 Å². The van der Waals surface area contributed by atoms with E-state index in [1.807, 2.05) is 44.2 Å². The number of rotatable bonds is 5. The minimum Gasteiger partial charge on any atom is -0.446 e. The van der Waals surface area contributed by atoms with Gasteiger partial charge in [0.15, 0.2) is 5.89 Å². The Balaban J connectivity index is 1.82. The van der Waals surface area contributed by atoms with Gasteiger partial charge in [-0.1, -0.05) is 42.5 Å². The van der Waals surface area contributed by atoms with E-state index < -0.39 is 10.0 Å². The summed E-state index contributed by atoms with van der Waals surface area (Å²) in [6, 6.07) is 15.8. The average Bonchev–Trinajstić information content (AvgIpc) is 2.94. The topological polar surface area (TPSA) is 72.2 Å². The maximum absolute atomic E-state index is 12.6. The van der Waals surface area contributed by atoms with Crippen LogP contribution in [0.4, 0.5) is 0 Å². The van der Waals surface area contributed by atoms with E-state index in [1.54, 1.807) is 31.2 Å². The summed E-state index contributed by atoms with van der Waals surface area (Å²) in [7, 11) is -3.61. The Morgan fingerprint density at radius 3 is 2.20 bits per heavy atom. The molecule has 5 nitrogen and oxygen atoms in total. The number of sulfonamides is 1. The third-order valence-corrected chi connectivity index (χ3v) is 5.53. The second kappa shape index (κ2) is 6.82. The molecule has 3 rings (SSSR count). The molecule has 0 aliphatic heterocycles. The molecule has 0 aliphatic carbocycles. The van der Waals surface area contributed by atoms with Gasteiger partial charge in [-0.15, -0.1) is 0 Å². The van der Waals surface area contributed by atoms with Crippen LogP contribution >= 0.6 is 0 Å². The third kappa shape index (κ3) is 3.81. The van der Waals surface area contributed by atoms with Gasteiger partial charge in [-0.25, -0.2) is 18.1 Å². The fourth-order valence-electron chi connectivity index (χ4n) is 2.70. The van der Waals surface area contributed by atoms with E-state index >= 15 is 0 Å². The predicted octanol–water partition coefficient (Wildman–Crippen LogP) is 4.00. The highest BCUT2D eigenvalue weighted by Crippen LogP contribution is 2.25. The Kier molecular flexibility index (Phi) is 4.74. The Morgan fingerprint density at radius 2 is 1.64 bits per heavy atom. The highest BCUT2D eigenvalue weighted by atomic mass is 32.2. The van der Waals surface area contributed by atoms with Gasteiger partial charge in [-0.3, -0.25) is 0 Å². The number of hydrogen-bond acceptors (Lipinski definition) is 4. The fraction of sp³-hybridized carbons (Fsp3) is 0.211. The Morgan fingerprint density at radius 1 is 1.00 bits per heavy atom. The molecule has 1 N–H and O–H groups in total. The van der Waals surface area contributed by atoms with Gasteiger partial charge in [0.2, 0.25) is 10.0 Å². The van der Waals surface area contributed by atoms with Crippen LogP contribution in [-0.2, 0) is 10.0 Å². The quantitative estimate of drug-likeness (QED) is 0.750. The molecule has 6 heteroatoms. The van der Waals surface area contributed by atoms with Crippen molar-refractivity contribution >= 4 is 10.0 Å². The van der Waals surface area contributed by atoms with Crippen molar-refractivity contribution in [3.63, 3.8) is 0 Å². The standard InChI is InChI=1S/C19H20N2O3S/c1-13(16-7-5-4-6-8-16)21-25(22,23)18-11-9-17(10-12-18)19-14(2)24-15(3)20-19/h4-13,21H,1-3H3. The van der Waals surface area contributed by atoms with Crippen LogP contribution in [0.2, 0.25) is 0 Å². The molecule has 2 aromatic carbocycles. The van der Waals surface area contributed by atoms with Gasteiger partial charge in [0.1, 0.15) is 11.5 Å². The summed E-state index contributed by atoms with van der Waals surface area (Å²) in [6.07, 6.45) is 0. The van der Waals surface area contributed by atoms with Gasteiger partial charge in [0.25, 0.3) is 0 Å². The molecule has 0 spiro atoms. The molecular formula is C19H20N2O3S. The van der Waals surface area contributed by atoms with E-state index in [1.165, 1.54) is 0 Å². The summed E-state index contributed by atoms with van der Waals surface area (Å²) < 4.78 is 33.3. The summed E-state index contributed by atoms with van der Waals surface area (Å²) in [6.45, 7) is 5.44. The van der Waals surface area contributed by atoms with Crippen molar-refractivity contribution < 1.29 is 12.8 Å². The minimum absolute atomic E-state index is 0.219. The van der Waals surface area contributed by atoms with Crippen LogP contribution in [0, 0.1) is 13.8 Å². The highest BCUT2D eigenvalue weighted by Gasteiger charge is 2.19. The van der Waals surface area contributed by atoms with Crippen molar-refractivity contribution in [2.24, 2.45) is 0 Å². The first-order valence-corrected chi connectivity index (χ1v) is 9.47. The SMILES string of the molecule is Cc1nc(-c2ccc(S(=O)(=O)NC(C)c3ccccc3)cc2)c(C)o1. The second-order valence-electron chi connectivity index (χ2n) is 5.92. The lowest BCUT2D eigenvalue weighted by molar-refractivity contribution is 0.495. The van der Waals surface area contributed by atoms with Crippen molar-refractivity contribution in [2.45, 2.75) is 31.7 Å².